The van der Waals surface area contributed by atoms with Gasteiger partial charge in [0.2, 0.25) is 0 Å². The summed E-state index contributed by atoms with van der Waals surface area (Å²) in [5, 5.41) is 2.94. The Bertz CT molecular complexity index is 534. The van der Waals surface area contributed by atoms with Crippen LogP contribution in [0.3, 0.4) is 0 Å². The predicted molar refractivity (Wildman–Crippen MR) is 70.9 cm³/mol. The number of carbonyl (C=O) groups is 1. The van der Waals surface area contributed by atoms with Gasteiger partial charge in [-0.2, -0.15) is 0 Å². The fourth-order valence-electron chi connectivity index (χ4n) is 1.45. The zero-order valence-corrected chi connectivity index (χ0v) is 11.0. The highest BCUT2D eigenvalue weighted by molar-refractivity contribution is 6.29. The van der Waals surface area contributed by atoms with E-state index in [9.17, 15) is 4.79 Å². The van der Waals surface area contributed by atoms with Crippen LogP contribution in [-0.4, -0.2) is 5.91 Å². The van der Waals surface area contributed by atoms with Crippen LogP contribution in [0, 0.1) is 0 Å². The molecule has 18 heavy (non-hydrogen) atoms. The van der Waals surface area contributed by atoms with Gasteiger partial charge in [-0.05, 0) is 34.9 Å². The Balaban J connectivity index is 1.92. The van der Waals surface area contributed by atoms with Crippen molar-refractivity contribution in [2.45, 2.75) is 12.4 Å². The summed E-state index contributed by atoms with van der Waals surface area (Å²) in [6, 6.07) is 10.8. The van der Waals surface area contributed by atoms with Gasteiger partial charge in [0.15, 0.2) is 11.0 Å². The minimum absolute atomic E-state index is 0.201. The number of halogens is 2. The van der Waals surface area contributed by atoms with Crippen molar-refractivity contribution in [3.05, 3.63) is 58.5 Å². The van der Waals surface area contributed by atoms with Crippen LogP contribution in [0.5, 0.6) is 0 Å². The van der Waals surface area contributed by atoms with Crippen LogP contribution in [0.25, 0.3) is 0 Å². The molecule has 1 aromatic carbocycles. The molecule has 0 radical (unpaired) electrons. The molecular weight excluding hydrogens is 273 g/mol. The van der Waals surface area contributed by atoms with Crippen LogP contribution in [0.4, 0.5) is 0 Å². The van der Waals surface area contributed by atoms with Crippen LogP contribution in [0.15, 0.2) is 40.8 Å². The summed E-state index contributed by atoms with van der Waals surface area (Å²) in [7, 11) is 0. The molecule has 1 aromatic heterocycles. The van der Waals surface area contributed by atoms with Gasteiger partial charge < -0.3 is 9.73 Å². The van der Waals surface area contributed by atoms with Gasteiger partial charge in [0.1, 0.15) is 0 Å². The topological polar surface area (TPSA) is 42.2 Å². The Morgan fingerprint density at radius 1 is 1.11 bits per heavy atom. The van der Waals surface area contributed by atoms with Crippen molar-refractivity contribution < 1.29 is 9.21 Å². The average molecular weight is 284 g/mol. The SMILES string of the molecule is O=C(NCc1ccc(CCl)cc1)c1ccc(Cl)o1. The molecule has 1 amide bonds. The molecule has 0 saturated heterocycles. The Morgan fingerprint density at radius 3 is 2.33 bits per heavy atom. The fourth-order valence-corrected chi connectivity index (χ4v) is 1.78. The number of furan rings is 1. The maximum absolute atomic E-state index is 11.7. The minimum atomic E-state index is -0.289. The number of benzene rings is 1. The van der Waals surface area contributed by atoms with Crippen molar-refractivity contribution in [3.63, 3.8) is 0 Å². The van der Waals surface area contributed by atoms with Crippen molar-refractivity contribution in [2.75, 3.05) is 0 Å². The van der Waals surface area contributed by atoms with E-state index in [4.69, 9.17) is 27.6 Å². The van der Waals surface area contributed by atoms with Gasteiger partial charge in [-0.1, -0.05) is 24.3 Å². The van der Waals surface area contributed by atoms with E-state index in [0.29, 0.717) is 12.4 Å². The lowest BCUT2D eigenvalue weighted by Crippen LogP contribution is -2.22. The van der Waals surface area contributed by atoms with Crippen LogP contribution < -0.4 is 5.32 Å². The lowest BCUT2D eigenvalue weighted by molar-refractivity contribution is 0.0923. The van der Waals surface area contributed by atoms with E-state index in [2.05, 4.69) is 5.32 Å². The van der Waals surface area contributed by atoms with Gasteiger partial charge in [-0.15, -0.1) is 11.6 Å². The third-order valence-corrected chi connectivity index (χ3v) is 2.94. The monoisotopic (exact) mass is 283 g/mol. The Hall–Kier alpha value is -1.45. The second-order valence-electron chi connectivity index (χ2n) is 3.74. The number of rotatable bonds is 4. The van der Waals surface area contributed by atoms with Crippen LogP contribution in [-0.2, 0) is 12.4 Å². The van der Waals surface area contributed by atoms with Crippen molar-refractivity contribution in [3.8, 4) is 0 Å². The Kier molecular flexibility index (Phi) is 4.28. The molecule has 0 unspecified atom stereocenters. The van der Waals surface area contributed by atoms with Crippen LogP contribution in [0.2, 0.25) is 5.22 Å². The van der Waals surface area contributed by atoms with Crippen LogP contribution in [0.1, 0.15) is 21.7 Å². The number of nitrogens with one attached hydrogen (secondary N) is 1. The molecule has 0 bridgehead atoms. The summed E-state index contributed by atoms with van der Waals surface area (Å²) in [5.74, 6) is 0.401. The number of amides is 1. The molecule has 0 aliphatic rings. The summed E-state index contributed by atoms with van der Waals surface area (Å²) < 4.78 is 5.01. The first-order chi connectivity index (χ1) is 8.69. The first-order valence-corrected chi connectivity index (χ1v) is 6.27. The highest BCUT2D eigenvalue weighted by Gasteiger charge is 2.09. The highest BCUT2D eigenvalue weighted by atomic mass is 35.5. The molecule has 3 nitrogen and oxygen atoms in total. The van der Waals surface area contributed by atoms with Crippen molar-refractivity contribution in [1.29, 1.82) is 0 Å². The van der Waals surface area contributed by atoms with Gasteiger partial charge in [-0.3, -0.25) is 4.79 Å². The summed E-state index contributed by atoms with van der Waals surface area (Å²) in [6.45, 7) is 0.430. The molecule has 1 N–H and O–H groups in total. The van der Waals surface area contributed by atoms with Crippen molar-refractivity contribution in [2.24, 2.45) is 0 Å². The van der Waals surface area contributed by atoms with Gasteiger partial charge in [0.25, 0.3) is 5.91 Å². The maximum Gasteiger partial charge on any atom is 0.287 e. The number of alkyl halides is 1. The molecule has 2 rings (SSSR count). The first-order valence-electron chi connectivity index (χ1n) is 5.36. The van der Waals surface area contributed by atoms with E-state index in [1.165, 1.54) is 12.1 Å². The molecule has 2 aromatic rings. The Labute approximate surface area is 115 Å². The molecule has 0 aliphatic carbocycles. The largest absolute Gasteiger partial charge is 0.440 e. The molecule has 5 heteroatoms. The van der Waals surface area contributed by atoms with E-state index in [1.54, 1.807) is 0 Å². The van der Waals surface area contributed by atoms with Gasteiger partial charge >= 0.3 is 0 Å². The van der Waals surface area contributed by atoms with E-state index in [-0.39, 0.29) is 16.9 Å². The van der Waals surface area contributed by atoms with Gasteiger partial charge in [0.05, 0.1) is 0 Å². The second-order valence-corrected chi connectivity index (χ2v) is 4.38. The van der Waals surface area contributed by atoms with E-state index >= 15 is 0 Å². The zero-order chi connectivity index (χ0) is 13.0. The molecule has 0 aliphatic heterocycles. The quantitative estimate of drug-likeness (QED) is 0.871. The molecule has 94 valence electrons. The third-order valence-electron chi connectivity index (χ3n) is 2.43. The van der Waals surface area contributed by atoms with E-state index in [1.807, 2.05) is 24.3 Å². The summed E-state index contributed by atoms with van der Waals surface area (Å²) in [4.78, 5) is 11.7. The van der Waals surface area contributed by atoms with Crippen LogP contribution >= 0.6 is 23.2 Å². The first kappa shape index (κ1) is 13.0. The minimum Gasteiger partial charge on any atom is -0.440 e. The van der Waals surface area contributed by atoms with Crippen molar-refractivity contribution in [1.82, 2.24) is 5.32 Å². The predicted octanol–water partition coefficient (Wildman–Crippen LogP) is 3.60. The molecule has 1 heterocycles. The maximum atomic E-state index is 11.7. The standard InChI is InChI=1S/C13H11Cl2NO2/c14-7-9-1-3-10(4-2-9)8-16-13(17)11-5-6-12(15)18-11/h1-6H,7-8H2,(H,16,17). The molecule has 0 fully saturated rings. The smallest absolute Gasteiger partial charge is 0.287 e. The average Bonchev–Trinajstić information content (AvgIpc) is 2.83. The summed E-state index contributed by atoms with van der Waals surface area (Å²) in [5.41, 5.74) is 2.04. The number of hydrogen-bond acceptors (Lipinski definition) is 2. The second kappa shape index (κ2) is 5.94. The molecular formula is C13H11Cl2NO2. The third kappa shape index (κ3) is 3.28. The summed E-state index contributed by atoms with van der Waals surface area (Å²) in [6.07, 6.45) is 0. The highest BCUT2D eigenvalue weighted by Crippen LogP contribution is 2.13. The molecule has 0 atom stereocenters. The van der Waals surface area contributed by atoms with Gasteiger partial charge in [-0.25, -0.2) is 0 Å². The number of hydrogen-bond donors (Lipinski definition) is 1. The van der Waals surface area contributed by atoms with E-state index in [0.717, 1.165) is 11.1 Å². The summed E-state index contributed by atoms with van der Waals surface area (Å²) >= 11 is 11.3. The van der Waals surface area contributed by atoms with Gasteiger partial charge in [0, 0.05) is 12.4 Å². The number of carbonyl (C=O) groups excluding carboxylic acids is 1. The van der Waals surface area contributed by atoms with Crippen molar-refractivity contribution >= 4 is 29.1 Å². The molecule has 0 saturated carbocycles. The fraction of sp³-hybridized carbons (Fsp3) is 0.154. The normalized spacial score (nSPS) is 10.3. The molecule has 0 spiro atoms. The Morgan fingerprint density at radius 2 is 1.78 bits per heavy atom. The van der Waals surface area contributed by atoms with E-state index < -0.39 is 0 Å². The lowest BCUT2D eigenvalue weighted by Gasteiger charge is -2.04. The lowest BCUT2D eigenvalue weighted by atomic mass is 10.1. The zero-order valence-electron chi connectivity index (χ0n) is 9.45.